The fourth-order valence-electron chi connectivity index (χ4n) is 2.28. The van der Waals surface area contributed by atoms with E-state index in [4.69, 9.17) is 5.11 Å². The minimum Gasteiger partial charge on any atom is -0.870 e. The van der Waals surface area contributed by atoms with Gasteiger partial charge in [-0.1, -0.05) is 0 Å². The number of hydrogen-bond acceptors (Lipinski definition) is 6. The number of methoxy groups -OCH3 is 1. The predicted molar refractivity (Wildman–Crippen MR) is 81.2 cm³/mol. The predicted octanol–water partition coefficient (Wildman–Crippen LogP) is -1.25. The maximum absolute atomic E-state index is 11.1. The van der Waals surface area contributed by atoms with Crippen LogP contribution in [-0.4, -0.2) is 49.2 Å². The van der Waals surface area contributed by atoms with Crippen LogP contribution in [-0.2, 0) is 4.74 Å². The standard InChI is InChI=1S/C8H10N2O2.C7H8N2O2.Li.H2O/c1-12-8(11)7-4-5-9-10(7)6-2-3-6;10-7(11)6-3-4-8-9(6)5-1-2-5;;/h4-6H,2-3H2,1H3;3-5H,1-2H2,(H,10,11);;1H2/q;;+1;/p-1. The first-order valence-electron chi connectivity index (χ1n) is 7.50. The maximum atomic E-state index is 11.1. The minimum atomic E-state index is -0.894. The van der Waals surface area contributed by atoms with Crippen LogP contribution in [0.15, 0.2) is 24.5 Å². The summed E-state index contributed by atoms with van der Waals surface area (Å²) in [7, 11) is 1.38. The van der Waals surface area contributed by atoms with Crippen molar-refractivity contribution < 1.29 is 43.8 Å². The second-order valence-corrected chi connectivity index (χ2v) is 5.58. The van der Waals surface area contributed by atoms with Gasteiger partial charge in [-0.15, -0.1) is 0 Å². The molecular weight excluding hydrogens is 323 g/mol. The van der Waals surface area contributed by atoms with Crippen molar-refractivity contribution in [3.05, 3.63) is 35.9 Å². The molecule has 0 amide bonds. The van der Waals surface area contributed by atoms with Gasteiger partial charge in [0, 0.05) is 12.4 Å². The smallest absolute Gasteiger partial charge is 0.870 e. The molecule has 10 heteroatoms. The third-order valence-corrected chi connectivity index (χ3v) is 3.74. The first kappa shape index (κ1) is 21.0. The van der Waals surface area contributed by atoms with Gasteiger partial charge in [0.05, 0.1) is 19.2 Å². The number of carboxylic acids is 1. The van der Waals surface area contributed by atoms with Gasteiger partial charge in [0.25, 0.3) is 0 Å². The van der Waals surface area contributed by atoms with Crippen LogP contribution in [0, 0.1) is 0 Å². The topological polar surface area (TPSA) is 129 Å². The van der Waals surface area contributed by atoms with E-state index in [1.807, 2.05) is 0 Å². The molecule has 2 aromatic heterocycles. The third kappa shape index (κ3) is 4.95. The molecule has 0 spiro atoms. The summed E-state index contributed by atoms with van der Waals surface area (Å²) < 4.78 is 7.94. The Labute approximate surface area is 156 Å². The van der Waals surface area contributed by atoms with Gasteiger partial charge in [0.15, 0.2) is 0 Å². The average molecular weight is 342 g/mol. The van der Waals surface area contributed by atoms with Crippen LogP contribution in [0.5, 0.6) is 0 Å². The zero-order valence-electron chi connectivity index (χ0n) is 14.2. The fraction of sp³-hybridized carbons (Fsp3) is 0.467. The molecule has 2 N–H and O–H groups in total. The SMILES string of the molecule is COC(=O)c1ccnn1C1CC1.O=C(O)c1ccnn1C1CC1.[Li+].[OH-]. The van der Waals surface area contributed by atoms with Crippen molar-refractivity contribution in [3.8, 4) is 0 Å². The van der Waals surface area contributed by atoms with Gasteiger partial charge in [0.1, 0.15) is 11.4 Å². The van der Waals surface area contributed by atoms with Gasteiger partial charge in [-0.3, -0.25) is 9.36 Å². The van der Waals surface area contributed by atoms with Gasteiger partial charge >= 0.3 is 30.8 Å². The molecule has 2 fully saturated rings. The van der Waals surface area contributed by atoms with Crippen LogP contribution in [0.2, 0.25) is 0 Å². The first-order valence-corrected chi connectivity index (χ1v) is 7.50. The molecule has 25 heavy (non-hydrogen) atoms. The van der Waals surface area contributed by atoms with Gasteiger partial charge < -0.3 is 15.3 Å². The van der Waals surface area contributed by atoms with Gasteiger partial charge in [-0.25, -0.2) is 9.59 Å². The van der Waals surface area contributed by atoms with Crippen molar-refractivity contribution in [1.82, 2.24) is 19.6 Å². The van der Waals surface area contributed by atoms with E-state index in [1.165, 1.54) is 19.4 Å². The van der Waals surface area contributed by atoms with E-state index in [9.17, 15) is 9.59 Å². The minimum absolute atomic E-state index is 0. The van der Waals surface area contributed by atoms with Crippen LogP contribution in [0.4, 0.5) is 0 Å². The first-order chi connectivity index (χ1) is 11.1. The Balaban J connectivity index is 0.000000232. The van der Waals surface area contributed by atoms with E-state index in [0.29, 0.717) is 23.5 Å². The second-order valence-electron chi connectivity index (χ2n) is 5.58. The van der Waals surface area contributed by atoms with Gasteiger partial charge in [-0.05, 0) is 37.8 Å². The Morgan fingerprint density at radius 3 is 1.88 bits per heavy atom. The van der Waals surface area contributed by atoms with E-state index in [2.05, 4.69) is 14.9 Å². The molecule has 0 saturated heterocycles. The molecule has 0 unspecified atom stereocenters. The summed E-state index contributed by atoms with van der Waals surface area (Å²) in [6.07, 6.45) is 7.51. The Hall–Kier alpha value is -2.08. The van der Waals surface area contributed by atoms with Crippen LogP contribution < -0.4 is 18.9 Å². The van der Waals surface area contributed by atoms with Crippen LogP contribution in [0.3, 0.4) is 0 Å². The molecule has 2 heterocycles. The number of aromatic carboxylic acids is 1. The molecule has 0 atom stereocenters. The van der Waals surface area contributed by atoms with Crippen molar-refractivity contribution in [2.45, 2.75) is 37.8 Å². The van der Waals surface area contributed by atoms with E-state index in [-0.39, 0.29) is 30.3 Å². The van der Waals surface area contributed by atoms with Crippen molar-refractivity contribution in [2.75, 3.05) is 7.11 Å². The Kier molecular flexibility index (Phi) is 7.42. The van der Waals surface area contributed by atoms with E-state index in [1.54, 1.807) is 21.6 Å². The number of carbonyl (C=O) groups is 2. The van der Waals surface area contributed by atoms with Gasteiger partial charge in [0.2, 0.25) is 0 Å². The Morgan fingerprint density at radius 1 is 1.04 bits per heavy atom. The summed E-state index contributed by atoms with van der Waals surface area (Å²) in [5.41, 5.74) is 0.854. The normalized spacial score (nSPS) is 15.1. The van der Waals surface area contributed by atoms with Crippen molar-refractivity contribution in [1.29, 1.82) is 0 Å². The number of nitrogens with zero attached hydrogens (tertiary/aromatic N) is 4. The number of aromatic nitrogens is 4. The largest absolute Gasteiger partial charge is 1.00 e. The van der Waals surface area contributed by atoms with Crippen molar-refractivity contribution in [2.24, 2.45) is 0 Å². The molecule has 2 aromatic rings. The summed E-state index contributed by atoms with van der Waals surface area (Å²) in [5, 5.41) is 16.7. The van der Waals surface area contributed by atoms with Crippen LogP contribution in [0.1, 0.15) is 58.7 Å². The average Bonchev–Trinajstić information content (AvgIpc) is 3.48. The number of rotatable bonds is 4. The monoisotopic (exact) mass is 342 g/mol. The Morgan fingerprint density at radius 2 is 1.48 bits per heavy atom. The molecule has 0 aliphatic heterocycles. The second kappa shape index (κ2) is 8.85. The molecule has 2 aliphatic carbocycles. The number of hydrogen-bond donors (Lipinski definition) is 1. The molecule has 4 rings (SSSR count). The molecule has 0 aromatic carbocycles. The number of ether oxygens (including phenoxy) is 1. The zero-order valence-corrected chi connectivity index (χ0v) is 14.2. The molecule has 0 radical (unpaired) electrons. The number of carboxylic acid groups (broad SMARTS) is 1. The van der Waals surface area contributed by atoms with E-state index in [0.717, 1.165) is 25.7 Å². The third-order valence-electron chi connectivity index (χ3n) is 3.74. The fourth-order valence-corrected chi connectivity index (χ4v) is 2.28. The molecule has 2 aliphatic rings. The summed E-state index contributed by atoms with van der Waals surface area (Å²) in [5.74, 6) is -1.20. The molecule has 130 valence electrons. The summed E-state index contributed by atoms with van der Waals surface area (Å²) in [6, 6.07) is 3.98. The van der Waals surface area contributed by atoms with Gasteiger partial charge in [-0.2, -0.15) is 10.2 Å². The zero-order chi connectivity index (χ0) is 16.4. The molecular formula is C15H19LiN4O5. The summed E-state index contributed by atoms with van der Waals surface area (Å²) in [6.45, 7) is 0. The van der Waals surface area contributed by atoms with Crippen LogP contribution in [0.25, 0.3) is 0 Å². The Bertz CT molecular complexity index is 721. The van der Waals surface area contributed by atoms with E-state index < -0.39 is 5.97 Å². The molecule has 2 saturated carbocycles. The van der Waals surface area contributed by atoms with E-state index >= 15 is 0 Å². The number of carbonyl (C=O) groups excluding carboxylic acids is 1. The van der Waals surface area contributed by atoms with Crippen LogP contribution >= 0.6 is 0 Å². The molecule has 0 bridgehead atoms. The maximum Gasteiger partial charge on any atom is 1.00 e. The summed E-state index contributed by atoms with van der Waals surface area (Å²) >= 11 is 0. The number of esters is 1. The quantitative estimate of drug-likeness (QED) is 0.543. The van der Waals surface area contributed by atoms with Crippen molar-refractivity contribution in [3.63, 3.8) is 0 Å². The molecule has 9 nitrogen and oxygen atoms in total. The van der Waals surface area contributed by atoms with Crippen molar-refractivity contribution >= 4 is 11.9 Å². The summed E-state index contributed by atoms with van der Waals surface area (Å²) in [4.78, 5) is 21.7.